The van der Waals surface area contributed by atoms with Crippen molar-refractivity contribution in [2.75, 3.05) is 12.8 Å². The zero-order valence-corrected chi connectivity index (χ0v) is 15.4. The van der Waals surface area contributed by atoms with Gasteiger partial charge < -0.3 is 5.73 Å². The predicted molar refractivity (Wildman–Crippen MR) is 98.0 cm³/mol. The molecule has 0 fully saturated rings. The number of rotatable bonds is 5. The normalized spacial score (nSPS) is 12.4. The lowest BCUT2D eigenvalue weighted by atomic mass is 10.1. The maximum absolute atomic E-state index is 12.8. The van der Waals surface area contributed by atoms with Crippen molar-refractivity contribution in [3.63, 3.8) is 0 Å². The molecule has 1 unspecified atom stereocenters. The first kappa shape index (κ1) is 19.0. The minimum atomic E-state index is -0.683. The van der Waals surface area contributed by atoms with Gasteiger partial charge in [-0.25, -0.2) is 4.79 Å². The first-order chi connectivity index (χ1) is 11.6. The Morgan fingerprint density at radius 2 is 1.76 bits per heavy atom. The summed E-state index contributed by atoms with van der Waals surface area (Å²) in [6.07, 6.45) is 0. The highest BCUT2D eigenvalue weighted by molar-refractivity contribution is 6.30. The van der Waals surface area contributed by atoms with Gasteiger partial charge in [0, 0.05) is 25.7 Å². The molecule has 0 bridgehead atoms. The van der Waals surface area contributed by atoms with Crippen LogP contribution in [-0.4, -0.2) is 32.9 Å². The summed E-state index contributed by atoms with van der Waals surface area (Å²) in [5.74, 6) is -0.546. The van der Waals surface area contributed by atoms with E-state index in [0.717, 1.165) is 14.7 Å². The second-order valence-corrected chi connectivity index (χ2v) is 6.48. The summed E-state index contributed by atoms with van der Waals surface area (Å²) in [6.45, 7) is 2.19. The van der Waals surface area contributed by atoms with Gasteiger partial charge in [0.25, 0.3) is 5.56 Å². The number of hydrogen-bond acceptors (Lipinski definition) is 5. The Balaban J connectivity index is 2.32. The van der Waals surface area contributed by atoms with Crippen LogP contribution >= 0.6 is 11.6 Å². The largest absolute Gasteiger partial charge is 0.384 e. The Labute approximate surface area is 150 Å². The number of aromatic nitrogens is 2. The number of hydrogen-bond donors (Lipinski definition) is 1. The number of ketones is 1. The highest BCUT2D eigenvalue weighted by atomic mass is 35.5. The number of nitrogen functional groups attached to an aromatic ring is 1. The Morgan fingerprint density at radius 3 is 2.32 bits per heavy atom. The molecule has 8 heteroatoms. The first-order valence-electron chi connectivity index (χ1n) is 7.69. The Morgan fingerprint density at radius 1 is 1.20 bits per heavy atom. The van der Waals surface area contributed by atoms with E-state index in [1.54, 1.807) is 31.0 Å². The standard InChI is InChI=1S/C17H21ClN4O3/c1-10(20(2)9-11-5-7-12(18)8-6-11)14(23)13-15(19)21(3)17(25)22(4)16(13)24/h5-8,10H,9,19H2,1-4H3. The number of likely N-dealkylation sites (N-methyl/N-ethyl adjacent to an activating group) is 1. The molecule has 0 saturated heterocycles. The molecule has 2 N–H and O–H groups in total. The van der Waals surface area contributed by atoms with E-state index < -0.39 is 23.1 Å². The van der Waals surface area contributed by atoms with Crippen LogP contribution in [0.3, 0.4) is 0 Å². The Bertz CT molecular complexity index is 915. The molecule has 0 aliphatic carbocycles. The molecule has 0 aliphatic rings. The Hall–Kier alpha value is -2.38. The summed E-state index contributed by atoms with van der Waals surface area (Å²) in [5.41, 5.74) is 5.42. The van der Waals surface area contributed by atoms with Crippen molar-refractivity contribution in [2.24, 2.45) is 14.1 Å². The number of nitrogens with zero attached hydrogens (tertiary/aromatic N) is 3. The average molecular weight is 365 g/mol. The molecule has 2 aromatic rings. The van der Waals surface area contributed by atoms with E-state index in [1.165, 1.54) is 14.1 Å². The fourth-order valence-electron chi connectivity index (χ4n) is 2.52. The van der Waals surface area contributed by atoms with Gasteiger partial charge in [-0.05, 0) is 31.7 Å². The molecule has 2 rings (SSSR count). The quantitative estimate of drug-likeness (QED) is 0.800. The van der Waals surface area contributed by atoms with Crippen LogP contribution in [0, 0.1) is 0 Å². The number of anilines is 1. The van der Waals surface area contributed by atoms with Gasteiger partial charge in [0.2, 0.25) is 0 Å². The van der Waals surface area contributed by atoms with Crippen molar-refractivity contribution in [3.8, 4) is 0 Å². The molecule has 25 heavy (non-hydrogen) atoms. The van der Waals surface area contributed by atoms with Gasteiger partial charge in [-0.3, -0.25) is 23.6 Å². The zero-order chi connectivity index (χ0) is 18.9. The molecule has 0 amide bonds. The zero-order valence-electron chi connectivity index (χ0n) is 14.6. The second kappa shape index (κ2) is 7.25. The first-order valence-corrected chi connectivity index (χ1v) is 8.07. The molecule has 1 atom stereocenters. The highest BCUT2D eigenvalue weighted by Gasteiger charge is 2.27. The topological polar surface area (TPSA) is 90.3 Å². The van der Waals surface area contributed by atoms with E-state index >= 15 is 0 Å². The number of nitrogens with two attached hydrogens (primary N) is 1. The molecule has 1 aromatic carbocycles. The molecule has 0 saturated carbocycles. The van der Waals surface area contributed by atoms with Gasteiger partial charge in [0.1, 0.15) is 11.4 Å². The van der Waals surface area contributed by atoms with Crippen molar-refractivity contribution in [3.05, 3.63) is 61.3 Å². The SMILES string of the molecule is CC(C(=O)c1c(N)n(C)c(=O)n(C)c1=O)N(C)Cc1ccc(Cl)cc1. The second-order valence-electron chi connectivity index (χ2n) is 6.05. The van der Waals surface area contributed by atoms with Crippen LogP contribution in [0.5, 0.6) is 0 Å². The average Bonchev–Trinajstić information content (AvgIpc) is 2.59. The van der Waals surface area contributed by atoms with Gasteiger partial charge in [-0.2, -0.15) is 0 Å². The molecule has 0 aliphatic heterocycles. The Kier molecular flexibility index (Phi) is 5.49. The van der Waals surface area contributed by atoms with Crippen LogP contribution in [0.25, 0.3) is 0 Å². The lowest BCUT2D eigenvalue weighted by Gasteiger charge is -2.24. The van der Waals surface area contributed by atoms with Crippen LogP contribution in [0.15, 0.2) is 33.9 Å². The van der Waals surface area contributed by atoms with E-state index in [9.17, 15) is 14.4 Å². The van der Waals surface area contributed by atoms with Gasteiger partial charge in [-0.1, -0.05) is 23.7 Å². The van der Waals surface area contributed by atoms with Crippen molar-refractivity contribution in [2.45, 2.75) is 19.5 Å². The predicted octanol–water partition coefficient (Wildman–Crippen LogP) is 1.02. The third-order valence-electron chi connectivity index (χ3n) is 4.34. The van der Waals surface area contributed by atoms with E-state index in [0.29, 0.717) is 11.6 Å². The lowest BCUT2D eigenvalue weighted by molar-refractivity contribution is 0.0860. The lowest BCUT2D eigenvalue weighted by Crippen LogP contribution is -2.45. The summed E-state index contributed by atoms with van der Waals surface area (Å²) in [5, 5.41) is 0.636. The molecule has 7 nitrogen and oxygen atoms in total. The van der Waals surface area contributed by atoms with E-state index in [4.69, 9.17) is 17.3 Å². The third-order valence-corrected chi connectivity index (χ3v) is 4.59. The van der Waals surface area contributed by atoms with Gasteiger partial charge in [-0.15, -0.1) is 0 Å². The van der Waals surface area contributed by atoms with Crippen LogP contribution in [0.4, 0.5) is 5.82 Å². The molecule has 1 aromatic heterocycles. The fourth-order valence-corrected chi connectivity index (χ4v) is 2.64. The van der Waals surface area contributed by atoms with Crippen molar-refractivity contribution >= 4 is 23.2 Å². The maximum atomic E-state index is 12.8. The monoisotopic (exact) mass is 364 g/mol. The minimum absolute atomic E-state index is 0.121. The van der Waals surface area contributed by atoms with Crippen molar-refractivity contribution in [1.29, 1.82) is 0 Å². The van der Waals surface area contributed by atoms with E-state index in [1.807, 2.05) is 12.1 Å². The van der Waals surface area contributed by atoms with Crippen LogP contribution < -0.4 is 17.0 Å². The number of halogens is 1. The summed E-state index contributed by atoms with van der Waals surface area (Å²) < 4.78 is 1.98. The summed E-state index contributed by atoms with van der Waals surface area (Å²) in [6, 6.07) is 6.70. The number of Topliss-reactive ketones (excluding diaryl/α,β-unsaturated/α-hetero) is 1. The van der Waals surface area contributed by atoms with Crippen LogP contribution in [0.2, 0.25) is 5.02 Å². The fraction of sp³-hybridized carbons (Fsp3) is 0.353. The maximum Gasteiger partial charge on any atom is 0.332 e. The smallest absolute Gasteiger partial charge is 0.332 e. The molecule has 134 valence electrons. The van der Waals surface area contributed by atoms with Crippen LogP contribution in [0.1, 0.15) is 22.8 Å². The molecular formula is C17H21ClN4O3. The number of carbonyl (C=O) groups excluding carboxylic acids is 1. The third kappa shape index (κ3) is 3.67. The summed E-state index contributed by atoms with van der Waals surface area (Å²) >= 11 is 5.87. The van der Waals surface area contributed by atoms with Crippen LogP contribution in [-0.2, 0) is 20.6 Å². The van der Waals surface area contributed by atoms with E-state index in [-0.39, 0.29) is 11.4 Å². The van der Waals surface area contributed by atoms with Gasteiger partial charge >= 0.3 is 5.69 Å². The van der Waals surface area contributed by atoms with Gasteiger partial charge in [0.05, 0.1) is 6.04 Å². The number of carbonyl (C=O) groups is 1. The molecule has 1 heterocycles. The van der Waals surface area contributed by atoms with E-state index in [2.05, 4.69) is 0 Å². The minimum Gasteiger partial charge on any atom is -0.384 e. The molecule has 0 radical (unpaired) electrons. The van der Waals surface area contributed by atoms with Gasteiger partial charge in [0.15, 0.2) is 5.78 Å². The molecular weight excluding hydrogens is 344 g/mol. The highest BCUT2D eigenvalue weighted by Crippen LogP contribution is 2.14. The van der Waals surface area contributed by atoms with Crippen molar-refractivity contribution in [1.82, 2.24) is 14.0 Å². The number of benzene rings is 1. The summed E-state index contributed by atoms with van der Waals surface area (Å²) in [7, 11) is 4.53. The van der Waals surface area contributed by atoms with Crippen molar-refractivity contribution < 1.29 is 4.79 Å². The summed E-state index contributed by atoms with van der Waals surface area (Å²) in [4.78, 5) is 38.8. The molecule has 0 spiro atoms.